The Morgan fingerprint density at radius 1 is 1.26 bits per heavy atom. The van der Waals surface area contributed by atoms with Crippen molar-refractivity contribution in [2.45, 2.75) is 19.6 Å². The first kappa shape index (κ1) is 15.3. The summed E-state index contributed by atoms with van der Waals surface area (Å²) in [6.07, 6.45) is -0.893. The molecule has 2 heterocycles. The van der Waals surface area contributed by atoms with Crippen LogP contribution in [0, 0.1) is 0 Å². The summed E-state index contributed by atoms with van der Waals surface area (Å²) in [6, 6.07) is 12.7. The molecule has 23 heavy (non-hydrogen) atoms. The minimum Gasteiger partial charge on any atom is -0.449 e. The summed E-state index contributed by atoms with van der Waals surface area (Å²) in [7, 11) is 0. The molecule has 0 saturated carbocycles. The molecule has 0 saturated heterocycles. The van der Waals surface area contributed by atoms with Crippen LogP contribution in [0.25, 0.3) is 11.0 Å². The van der Waals surface area contributed by atoms with Crippen LogP contribution in [0.1, 0.15) is 22.4 Å². The number of carbonyl (C=O) groups is 2. The third-order valence-electron chi connectivity index (χ3n) is 3.30. The Kier molecular flexibility index (Phi) is 4.43. The minimum atomic E-state index is -0.893. The molecule has 1 aromatic carbocycles. The van der Waals surface area contributed by atoms with Crippen LogP contribution in [0.15, 0.2) is 52.3 Å². The number of rotatable bonds is 5. The summed E-state index contributed by atoms with van der Waals surface area (Å²) >= 11 is 1.55. The molecule has 0 radical (unpaired) electrons. The van der Waals surface area contributed by atoms with Crippen LogP contribution in [0.4, 0.5) is 0 Å². The van der Waals surface area contributed by atoms with Crippen LogP contribution in [0.5, 0.6) is 0 Å². The first-order valence-electron chi connectivity index (χ1n) is 7.13. The molecule has 6 heteroatoms. The van der Waals surface area contributed by atoms with Crippen LogP contribution in [0.2, 0.25) is 0 Å². The average Bonchev–Trinajstić information content (AvgIpc) is 3.21. The third-order valence-corrected chi connectivity index (χ3v) is 4.17. The van der Waals surface area contributed by atoms with Crippen molar-refractivity contribution in [3.63, 3.8) is 0 Å². The quantitative estimate of drug-likeness (QED) is 0.729. The fourth-order valence-electron chi connectivity index (χ4n) is 2.09. The molecule has 3 rings (SSSR count). The molecule has 0 aliphatic heterocycles. The Labute approximate surface area is 136 Å². The van der Waals surface area contributed by atoms with Crippen molar-refractivity contribution in [1.82, 2.24) is 5.32 Å². The second-order valence-corrected chi connectivity index (χ2v) is 6.03. The molecular formula is C17H15NO4S. The standard InChI is InChI=1S/C17H15NO4S/c1-11(16(19)18-10-13-6-4-8-23-13)21-17(20)15-9-12-5-2-3-7-14(12)22-15/h2-9,11H,10H2,1H3,(H,18,19)/t11-/m0/s1. The van der Waals surface area contributed by atoms with Gasteiger partial charge in [-0.2, -0.15) is 0 Å². The van der Waals surface area contributed by atoms with Gasteiger partial charge in [0.05, 0.1) is 6.54 Å². The zero-order valence-electron chi connectivity index (χ0n) is 12.4. The molecule has 1 atom stereocenters. The van der Waals surface area contributed by atoms with E-state index >= 15 is 0 Å². The predicted molar refractivity (Wildman–Crippen MR) is 87.3 cm³/mol. The van der Waals surface area contributed by atoms with Gasteiger partial charge in [-0.3, -0.25) is 4.79 Å². The van der Waals surface area contributed by atoms with Crippen molar-refractivity contribution in [2.75, 3.05) is 0 Å². The average molecular weight is 329 g/mol. The Bertz CT molecular complexity index is 789. The number of hydrogen-bond acceptors (Lipinski definition) is 5. The van der Waals surface area contributed by atoms with Crippen LogP contribution in [0.3, 0.4) is 0 Å². The van der Waals surface area contributed by atoms with Gasteiger partial charge in [-0.15, -0.1) is 11.3 Å². The SMILES string of the molecule is C[C@H](OC(=O)c1cc2ccccc2o1)C(=O)NCc1cccs1. The summed E-state index contributed by atoms with van der Waals surface area (Å²) in [5.41, 5.74) is 0.606. The Morgan fingerprint density at radius 3 is 2.83 bits per heavy atom. The zero-order valence-corrected chi connectivity index (χ0v) is 13.3. The van der Waals surface area contributed by atoms with E-state index in [0.29, 0.717) is 12.1 Å². The maximum Gasteiger partial charge on any atom is 0.375 e. The minimum absolute atomic E-state index is 0.0871. The number of furan rings is 1. The van der Waals surface area contributed by atoms with Gasteiger partial charge in [0, 0.05) is 10.3 Å². The highest BCUT2D eigenvalue weighted by Gasteiger charge is 2.21. The van der Waals surface area contributed by atoms with E-state index in [9.17, 15) is 9.59 Å². The van der Waals surface area contributed by atoms with Gasteiger partial charge in [0.15, 0.2) is 6.10 Å². The maximum absolute atomic E-state index is 12.1. The second kappa shape index (κ2) is 6.66. The summed E-state index contributed by atoms with van der Waals surface area (Å²) in [6.45, 7) is 1.95. The van der Waals surface area contributed by atoms with E-state index in [1.165, 1.54) is 6.92 Å². The maximum atomic E-state index is 12.1. The smallest absolute Gasteiger partial charge is 0.375 e. The van der Waals surface area contributed by atoms with Crippen molar-refractivity contribution >= 4 is 34.2 Å². The summed E-state index contributed by atoms with van der Waals surface area (Å²) in [4.78, 5) is 25.1. The molecule has 0 aliphatic carbocycles. The number of carbonyl (C=O) groups excluding carboxylic acids is 2. The van der Waals surface area contributed by atoms with Gasteiger partial charge >= 0.3 is 5.97 Å². The van der Waals surface area contributed by atoms with E-state index in [2.05, 4.69) is 5.32 Å². The lowest BCUT2D eigenvalue weighted by molar-refractivity contribution is -0.129. The molecule has 0 fully saturated rings. The van der Waals surface area contributed by atoms with Crippen molar-refractivity contribution in [1.29, 1.82) is 0 Å². The van der Waals surface area contributed by atoms with Crippen molar-refractivity contribution in [3.8, 4) is 0 Å². The van der Waals surface area contributed by atoms with Crippen LogP contribution in [-0.4, -0.2) is 18.0 Å². The van der Waals surface area contributed by atoms with Crippen LogP contribution in [-0.2, 0) is 16.1 Å². The third kappa shape index (κ3) is 3.60. The lowest BCUT2D eigenvalue weighted by Gasteiger charge is -2.12. The lowest BCUT2D eigenvalue weighted by Crippen LogP contribution is -2.35. The van der Waals surface area contributed by atoms with Crippen molar-refractivity contribution in [3.05, 3.63) is 58.5 Å². The largest absolute Gasteiger partial charge is 0.449 e. The van der Waals surface area contributed by atoms with Crippen molar-refractivity contribution in [2.24, 2.45) is 0 Å². The molecule has 0 spiro atoms. The van der Waals surface area contributed by atoms with E-state index < -0.39 is 12.1 Å². The highest BCUT2D eigenvalue weighted by Crippen LogP contribution is 2.19. The number of esters is 1. The molecule has 5 nitrogen and oxygen atoms in total. The van der Waals surface area contributed by atoms with E-state index in [1.54, 1.807) is 23.5 Å². The molecule has 2 aromatic heterocycles. The number of amides is 1. The lowest BCUT2D eigenvalue weighted by atomic mass is 10.2. The molecule has 0 aliphatic rings. The van der Waals surface area contributed by atoms with E-state index in [0.717, 1.165) is 10.3 Å². The number of nitrogens with one attached hydrogen (secondary N) is 1. The van der Waals surface area contributed by atoms with E-state index in [1.807, 2.05) is 35.7 Å². The van der Waals surface area contributed by atoms with Gasteiger partial charge in [0.1, 0.15) is 5.58 Å². The fraction of sp³-hybridized carbons (Fsp3) is 0.176. The van der Waals surface area contributed by atoms with E-state index in [4.69, 9.17) is 9.15 Å². The topological polar surface area (TPSA) is 68.5 Å². The number of hydrogen-bond donors (Lipinski definition) is 1. The van der Waals surface area contributed by atoms with Gasteiger partial charge in [-0.1, -0.05) is 24.3 Å². The highest BCUT2D eigenvalue weighted by molar-refractivity contribution is 7.09. The Hall–Kier alpha value is -2.60. The Balaban J connectivity index is 1.58. The highest BCUT2D eigenvalue weighted by atomic mass is 32.1. The molecule has 3 aromatic rings. The fourth-order valence-corrected chi connectivity index (χ4v) is 2.73. The van der Waals surface area contributed by atoms with Gasteiger partial charge < -0.3 is 14.5 Å². The molecule has 0 unspecified atom stereocenters. The second-order valence-electron chi connectivity index (χ2n) is 4.99. The molecule has 1 N–H and O–H groups in total. The zero-order chi connectivity index (χ0) is 16.2. The number of para-hydroxylation sites is 1. The van der Waals surface area contributed by atoms with E-state index in [-0.39, 0.29) is 11.7 Å². The number of fused-ring (bicyclic) bond motifs is 1. The van der Waals surface area contributed by atoms with Gasteiger partial charge in [0.2, 0.25) is 5.76 Å². The summed E-state index contributed by atoms with van der Waals surface area (Å²) in [5, 5.41) is 5.48. The van der Waals surface area contributed by atoms with Crippen molar-refractivity contribution < 1.29 is 18.7 Å². The molecule has 1 amide bonds. The summed E-state index contributed by atoms with van der Waals surface area (Å²) < 4.78 is 10.6. The first-order chi connectivity index (χ1) is 11.1. The molecule has 0 bridgehead atoms. The van der Waals surface area contributed by atoms with Gasteiger partial charge in [0.25, 0.3) is 5.91 Å². The van der Waals surface area contributed by atoms with Gasteiger partial charge in [-0.25, -0.2) is 4.79 Å². The number of benzene rings is 1. The summed E-state index contributed by atoms with van der Waals surface area (Å²) in [5.74, 6) is -0.910. The van der Waals surface area contributed by atoms with Gasteiger partial charge in [-0.05, 0) is 30.5 Å². The molecular weight excluding hydrogens is 314 g/mol. The van der Waals surface area contributed by atoms with Crippen LogP contribution >= 0.6 is 11.3 Å². The monoisotopic (exact) mass is 329 g/mol. The predicted octanol–water partition coefficient (Wildman–Crippen LogP) is 3.36. The molecule has 118 valence electrons. The van der Waals surface area contributed by atoms with Crippen LogP contribution < -0.4 is 5.32 Å². The number of thiophene rings is 1. The Morgan fingerprint density at radius 2 is 2.09 bits per heavy atom. The first-order valence-corrected chi connectivity index (χ1v) is 8.01. The number of ether oxygens (including phenoxy) is 1. The normalized spacial score (nSPS) is 12.0.